The van der Waals surface area contributed by atoms with Gasteiger partial charge in [0.25, 0.3) is 0 Å². The molecule has 1 aliphatic rings. The van der Waals surface area contributed by atoms with Gasteiger partial charge in [-0.15, -0.1) is 0 Å². The maximum Gasteiger partial charge on any atom is 0.0461 e. The predicted molar refractivity (Wildman–Crippen MR) is 63.0 cm³/mol. The molecule has 0 amide bonds. The normalized spacial score (nSPS) is 16.2. The number of hydrogen-bond donors (Lipinski definition) is 1. The third kappa shape index (κ3) is 2.28. The van der Waals surface area contributed by atoms with Crippen molar-refractivity contribution >= 4 is 21.6 Å². The van der Waals surface area contributed by atoms with Gasteiger partial charge in [-0.05, 0) is 53.5 Å². The molecule has 0 heterocycles. The molecule has 0 aromatic heterocycles. The van der Waals surface area contributed by atoms with Crippen molar-refractivity contribution in [2.45, 2.75) is 25.4 Å². The van der Waals surface area contributed by atoms with Crippen molar-refractivity contribution in [3.63, 3.8) is 0 Å². The molecule has 1 saturated carbocycles. The van der Waals surface area contributed by atoms with E-state index in [9.17, 15) is 0 Å². The highest BCUT2D eigenvalue weighted by atomic mass is 79.9. The fourth-order valence-corrected chi connectivity index (χ4v) is 1.87. The predicted octanol–water partition coefficient (Wildman–Crippen LogP) is 2.63. The Labute approximate surface area is 93.2 Å². The molecule has 0 bridgehead atoms. The second-order valence-electron chi connectivity index (χ2n) is 4.00. The highest BCUT2D eigenvalue weighted by Crippen LogP contribution is 2.27. The Morgan fingerprint density at radius 1 is 1.50 bits per heavy atom. The Morgan fingerprint density at radius 3 is 2.79 bits per heavy atom. The number of nitrogen functional groups attached to an aromatic ring is 1. The van der Waals surface area contributed by atoms with Gasteiger partial charge < -0.3 is 5.73 Å². The van der Waals surface area contributed by atoms with Gasteiger partial charge in [0.1, 0.15) is 0 Å². The van der Waals surface area contributed by atoms with Crippen molar-refractivity contribution in [2.24, 2.45) is 0 Å². The maximum absolute atomic E-state index is 5.82. The first-order valence-electron chi connectivity index (χ1n) is 4.91. The second-order valence-corrected chi connectivity index (χ2v) is 4.86. The summed E-state index contributed by atoms with van der Waals surface area (Å²) in [6.45, 7) is 1.00. The zero-order chi connectivity index (χ0) is 10.1. The van der Waals surface area contributed by atoms with Gasteiger partial charge in [0, 0.05) is 22.7 Å². The van der Waals surface area contributed by atoms with Gasteiger partial charge in [-0.25, -0.2) is 0 Å². The lowest BCUT2D eigenvalue weighted by molar-refractivity contribution is 0.316. The number of nitrogens with two attached hydrogens (primary N) is 1. The first kappa shape index (κ1) is 9.99. The number of halogens is 1. The summed E-state index contributed by atoms with van der Waals surface area (Å²) in [5.41, 5.74) is 7.94. The Balaban J connectivity index is 2.04. The Morgan fingerprint density at radius 2 is 2.21 bits per heavy atom. The van der Waals surface area contributed by atoms with Crippen molar-refractivity contribution in [1.82, 2.24) is 4.90 Å². The Bertz CT molecular complexity index is 334. The molecule has 2 N–H and O–H groups in total. The van der Waals surface area contributed by atoms with E-state index in [1.807, 2.05) is 12.1 Å². The van der Waals surface area contributed by atoms with Crippen molar-refractivity contribution in [3.8, 4) is 0 Å². The van der Waals surface area contributed by atoms with Crippen molar-refractivity contribution < 1.29 is 0 Å². The van der Waals surface area contributed by atoms with E-state index in [-0.39, 0.29) is 0 Å². The van der Waals surface area contributed by atoms with Crippen molar-refractivity contribution in [1.29, 1.82) is 0 Å². The third-order valence-electron chi connectivity index (χ3n) is 2.66. The second kappa shape index (κ2) is 3.91. The summed E-state index contributed by atoms with van der Waals surface area (Å²) < 4.78 is 0.982. The zero-order valence-electron chi connectivity index (χ0n) is 8.33. The van der Waals surface area contributed by atoms with E-state index in [2.05, 4.69) is 33.9 Å². The minimum Gasteiger partial charge on any atom is -0.398 e. The van der Waals surface area contributed by atoms with Crippen LogP contribution in [0.5, 0.6) is 0 Å². The smallest absolute Gasteiger partial charge is 0.0461 e. The lowest BCUT2D eigenvalue weighted by atomic mass is 10.2. The summed E-state index contributed by atoms with van der Waals surface area (Å²) in [6, 6.07) is 6.99. The molecule has 76 valence electrons. The average molecular weight is 255 g/mol. The number of benzene rings is 1. The van der Waals surface area contributed by atoms with E-state index in [4.69, 9.17) is 5.73 Å². The van der Waals surface area contributed by atoms with Gasteiger partial charge >= 0.3 is 0 Å². The first-order valence-corrected chi connectivity index (χ1v) is 5.70. The topological polar surface area (TPSA) is 29.3 Å². The van der Waals surface area contributed by atoms with Crippen LogP contribution in [0, 0.1) is 0 Å². The molecule has 0 saturated heterocycles. The molecule has 2 rings (SSSR count). The molecular weight excluding hydrogens is 240 g/mol. The van der Waals surface area contributed by atoms with Crippen LogP contribution in [0.15, 0.2) is 22.7 Å². The van der Waals surface area contributed by atoms with Gasteiger partial charge in [0.05, 0.1) is 0 Å². The van der Waals surface area contributed by atoms with Gasteiger partial charge in [-0.3, -0.25) is 4.90 Å². The largest absolute Gasteiger partial charge is 0.398 e. The number of anilines is 1. The van der Waals surface area contributed by atoms with Crippen molar-refractivity contribution in [2.75, 3.05) is 12.8 Å². The van der Waals surface area contributed by atoms with E-state index in [0.717, 1.165) is 22.7 Å². The van der Waals surface area contributed by atoms with Crippen LogP contribution >= 0.6 is 15.9 Å². The summed E-state index contributed by atoms with van der Waals surface area (Å²) in [5.74, 6) is 0. The molecule has 0 spiro atoms. The molecule has 0 aliphatic heterocycles. The van der Waals surface area contributed by atoms with E-state index >= 15 is 0 Å². The summed E-state index contributed by atoms with van der Waals surface area (Å²) >= 11 is 3.40. The SMILES string of the molecule is CN(Cc1ccc(Br)c(N)c1)C1CC1. The monoisotopic (exact) mass is 254 g/mol. The zero-order valence-corrected chi connectivity index (χ0v) is 9.92. The lowest BCUT2D eigenvalue weighted by Gasteiger charge is -2.15. The fraction of sp³-hybridized carbons (Fsp3) is 0.455. The number of hydrogen-bond acceptors (Lipinski definition) is 2. The highest BCUT2D eigenvalue weighted by molar-refractivity contribution is 9.10. The van der Waals surface area contributed by atoms with E-state index in [1.165, 1.54) is 18.4 Å². The molecule has 0 atom stereocenters. The van der Waals surface area contributed by atoms with Gasteiger partial charge in [0.2, 0.25) is 0 Å². The summed E-state index contributed by atoms with van der Waals surface area (Å²) in [6.07, 6.45) is 2.70. The van der Waals surface area contributed by atoms with E-state index in [0.29, 0.717) is 0 Å². The van der Waals surface area contributed by atoms with Crippen LogP contribution in [-0.4, -0.2) is 18.0 Å². The lowest BCUT2D eigenvalue weighted by Crippen LogP contribution is -2.19. The molecular formula is C11H15BrN2. The summed E-state index contributed by atoms with van der Waals surface area (Å²) in [5, 5.41) is 0. The van der Waals surface area contributed by atoms with Crippen LogP contribution in [0.3, 0.4) is 0 Å². The molecule has 1 aliphatic carbocycles. The molecule has 14 heavy (non-hydrogen) atoms. The number of rotatable bonds is 3. The first-order chi connectivity index (χ1) is 6.66. The number of nitrogens with zero attached hydrogens (tertiary/aromatic N) is 1. The fourth-order valence-electron chi connectivity index (χ4n) is 1.62. The average Bonchev–Trinajstić information content (AvgIpc) is 2.94. The van der Waals surface area contributed by atoms with Crippen LogP contribution in [0.4, 0.5) is 5.69 Å². The molecule has 1 fully saturated rings. The maximum atomic E-state index is 5.82. The van der Waals surface area contributed by atoms with Gasteiger partial charge in [0.15, 0.2) is 0 Å². The molecule has 1 aromatic rings. The van der Waals surface area contributed by atoms with Crippen LogP contribution in [0.2, 0.25) is 0 Å². The molecule has 1 aromatic carbocycles. The van der Waals surface area contributed by atoms with Crippen LogP contribution in [0.1, 0.15) is 18.4 Å². The quantitative estimate of drug-likeness (QED) is 0.841. The third-order valence-corrected chi connectivity index (χ3v) is 3.38. The summed E-state index contributed by atoms with van der Waals surface area (Å²) in [4.78, 5) is 2.39. The minimum atomic E-state index is 0.805. The highest BCUT2D eigenvalue weighted by Gasteiger charge is 2.25. The van der Waals surface area contributed by atoms with Crippen LogP contribution in [0.25, 0.3) is 0 Å². The molecule has 2 nitrogen and oxygen atoms in total. The summed E-state index contributed by atoms with van der Waals surface area (Å²) in [7, 11) is 2.18. The Kier molecular flexibility index (Phi) is 2.79. The molecule has 0 unspecified atom stereocenters. The standard InChI is InChI=1S/C11H15BrN2/c1-14(9-3-4-9)7-8-2-5-10(12)11(13)6-8/h2,5-6,9H,3-4,7,13H2,1H3. The van der Waals surface area contributed by atoms with E-state index < -0.39 is 0 Å². The Hall–Kier alpha value is -0.540. The van der Waals surface area contributed by atoms with Crippen LogP contribution < -0.4 is 5.73 Å². The molecule has 0 radical (unpaired) electrons. The van der Waals surface area contributed by atoms with Gasteiger partial charge in [-0.2, -0.15) is 0 Å². The molecule has 3 heteroatoms. The minimum absolute atomic E-state index is 0.805. The van der Waals surface area contributed by atoms with E-state index in [1.54, 1.807) is 0 Å². The van der Waals surface area contributed by atoms with Crippen LogP contribution in [-0.2, 0) is 6.54 Å². The van der Waals surface area contributed by atoms with Crippen molar-refractivity contribution in [3.05, 3.63) is 28.2 Å². The van der Waals surface area contributed by atoms with Gasteiger partial charge in [-0.1, -0.05) is 6.07 Å².